The van der Waals surface area contributed by atoms with Gasteiger partial charge in [0.2, 0.25) is 0 Å². The normalized spacial score (nSPS) is 13.1. The molecule has 0 aliphatic rings. The van der Waals surface area contributed by atoms with Crippen molar-refractivity contribution in [2.45, 2.75) is 72.1 Å². The van der Waals surface area contributed by atoms with Crippen molar-refractivity contribution in [2.75, 3.05) is 33.7 Å². The smallest absolute Gasteiger partial charge is 0.408 e. The Kier molecular flexibility index (Phi) is 11.8. The molecule has 0 aromatic carbocycles. The first-order valence-corrected chi connectivity index (χ1v) is 8.89. The highest BCUT2D eigenvalue weighted by Crippen LogP contribution is 2.10. The summed E-state index contributed by atoms with van der Waals surface area (Å²) in [5.74, 6) is 0.733. The first-order chi connectivity index (χ1) is 11.2. The molecule has 156 valence electrons. The Morgan fingerprint density at radius 3 is 2.00 bits per heavy atom. The first-order valence-electron chi connectivity index (χ1n) is 8.89. The topological polar surface area (TPSA) is 78.0 Å². The van der Waals surface area contributed by atoms with Crippen LogP contribution in [0.15, 0.2) is 4.99 Å². The number of guanidine groups is 1. The number of ether oxygens (including phenoxy) is 1. The number of nitrogens with zero attached hydrogens (tertiary/aromatic N) is 2. The third-order valence-corrected chi connectivity index (χ3v) is 3.72. The molecule has 0 fully saturated rings. The molecule has 0 saturated carbocycles. The fourth-order valence-corrected chi connectivity index (χ4v) is 1.68. The highest BCUT2D eigenvalue weighted by atomic mass is 127. The van der Waals surface area contributed by atoms with Crippen molar-refractivity contribution >= 4 is 36.0 Å². The maximum absolute atomic E-state index is 12.0. The number of carbonyl (C=O) groups is 1. The van der Waals surface area contributed by atoms with E-state index in [9.17, 15) is 4.79 Å². The summed E-state index contributed by atoms with van der Waals surface area (Å²) in [7, 11) is 4.09. The second kappa shape index (κ2) is 11.2. The lowest BCUT2D eigenvalue weighted by Gasteiger charge is -2.32. The van der Waals surface area contributed by atoms with Gasteiger partial charge >= 0.3 is 6.09 Å². The number of nitrogens with one attached hydrogen (secondary N) is 3. The molecule has 0 saturated heterocycles. The van der Waals surface area contributed by atoms with Gasteiger partial charge in [-0.1, -0.05) is 0 Å². The van der Waals surface area contributed by atoms with Gasteiger partial charge in [0.1, 0.15) is 5.60 Å². The summed E-state index contributed by atoms with van der Waals surface area (Å²) in [6.45, 7) is 17.7. The van der Waals surface area contributed by atoms with E-state index in [0.717, 1.165) is 12.5 Å². The minimum absolute atomic E-state index is 0. The van der Waals surface area contributed by atoms with E-state index in [4.69, 9.17) is 4.74 Å². The average molecular weight is 485 g/mol. The molecule has 3 N–H and O–H groups in total. The fraction of sp³-hybridized carbons (Fsp3) is 0.889. The van der Waals surface area contributed by atoms with Crippen LogP contribution in [0.4, 0.5) is 4.79 Å². The zero-order chi connectivity index (χ0) is 19.9. The number of hydrogen-bond acceptors (Lipinski definition) is 4. The minimum Gasteiger partial charge on any atom is -0.444 e. The summed E-state index contributed by atoms with van der Waals surface area (Å²) in [5.41, 5.74) is -1.02. The van der Waals surface area contributed by atoms with Crippen molar-refractivity contribution in [3.05, 3.63) is 0 Å². The molecule has 0 aromatic rings. The summed E-state index contributed by atoms with van der Waals surface area (Å²) < 4.78 is 5.32. The van der Waals surface area contributed by atoms with E-state index in [1.165, 1.54) is 0 Å². The van der Waals surface area contributed by atoms with Crippen LogP contribution in [-0.4, -0.2) is 67.4 Å². The molecule has 0 bridgehead atoms. The van der Waals surface area contributed by atoms with Crippen LogP contribution in [0.3, 0.4) is 0 Å². The van der Waals surface area contributed by atoms with Gasteiger partial charge in [0.15, 0.2) is 5.96 Å². The molecule has 8 heteroatoms. The van der Waals surface area contributed by atoms with Crippen molar-refractivity contribution in [3.63, 3.8) is 0 Å². The number of alkyl carbamates (subject to hydrolysis) is 1. The molecule has 0 heterocycles. The largest absolute Gasteiger partial charge is 0.444 e. The van der Waals surface area contributed by atoms with Crippen molar-refractivity contribution in [1.29, 1.82) is 0 Å². The van der Waals surface area contributed by atoms with E-state index >= 15 is 0 Å². The van der Waals surface area contributed by atoms with E-state index in [0.29, 0.717) is 13.1 Å². The molecule has 0 radical (unpaired) electrons. The van der Waals surface area contributed by atoms with Gasteiger partial charge in [-0.05, 0) is 69.5 Å². The lowest BCUT2D eigenvalue weighted by atomic mass is 10.1. The molecule has 0 atom stereocenters. The molecule has 0 spiro atoms. The third kappa shape index (κ3) is 12.6. The molecular formula is C18H40IN5O2. The Morgan fingerprint density at radius 1 is 1.04 bits per heavy atom. The lowest BCUT2D eigenvalue weighted by molar-refractivity contribution is 0.0474. The van der Waals surface area contributed by atoms with E-state index in [1.54, 1.807) is 0 Å². The number of likely N-dealkylation sites (N-methyl/N-ethyl adjacent to an activating group) is 1. The van der Waals surface area contributed by atoms with E-state index in [2.05, 4.69) is 39.7 Å². The van der Waals surface area contributed by atoms with Crippen LogP contribution in [0.25, 0.3) is 0 Å². The van der Waals surface area contributed by atoms with Crippen molar-refractivity contribution in [3.8, 4) is 0 Å². The van der Waals surface area contributed by atoms with Gasteiger partial charge in [-0.15, -0.1) is 24.0 Å². The predicted molar refractivity (Wildman–Crippen MR) is 121 cm³/mol. The van der Waals surface area contributed by atoms with E-state index in [-0.39, 0.29) is 29.5 Å². The van der Waals surface area contributed by atoms with Crippen LogP contribution < -0.4 is 16.0 Å². The SMILES string of the molecule is CCNC(=NCC(C)(C)N(C)C)NCC(C)(C)NC(=O)OC(C)(C)C.I. The molecule has 0 aliphatic heterocycles. The number of rotatable bonds is 7. The van der Waals surface area contributed by atoms with Crippen molar-refractivity contribution in [1.82, 2.24) is 20.9 Å². The third-order valence-electron chi connectivity index (χ3n) is 3.72. The average Bonchev–Trinajstić information content (AvgIpc) is 2.38. The van der Waals surface area contributed by atoms with Crippen molar-refractivity contribution in [2.24, 2.45) is 4.99 Å². The monoisotopic (exact) mass is 485 g/mol. The summed E-state index contributed by atoms with van der Waals surface area (Å²) in [6, 6.07) is 0. The summed E-state index contributed by atoms with van der Waals surface area (Å²) in [4.78, 5) is 18.8. The number of hydrogen-bond donors (Lipinski definition) is 3. The van der Waals surface area contributed by atoms with Gasteiger partial charge in [-0.25, -0.2) is 4.79 Å². The Hall–Kier alpha value is -0.770. The maximum Gasteiger partial charge on any atom is 0.408 e. The van der Waals surface area contributed by atoms with Crippen LogP contribution in [0, 0.1) is 0 Å². The Morgan fingerprint density at radius 2 is 1.58 bits per heavy atom. The first kappa shape index (κ1) is 27.4. The Labute approximate surface area is 177 Å². The summed E-state index contributed by atoms with van der Waals surface area (Å²) in [6.07, 6.45) is -0.421. The Balaban J connectivity index is 0. The van der Waals surface area contributed by atoms with Gasteiger partial charge in [0, 0.05) is 18.6 Å². The number of halogens is 1. The minimum atomic E-state index is -0.512. The Bertz CT molecular complexity index is 457. The highest BCUT2D eigenvalue weighted by molar-refractivity contribution is 14.0. The van der Waals surface area contributed by atoms with Gasteiger partial charge < -0.3 is 25.6 Å². The van der Waals surface area contributed by atoms with Gasteiger partial charge in [0.25, 0.3) is 0 Å². The quantitative estimate of drug-likeness (QED) is 0.294. The maximum atomic E-state index is 12.0. The molecule has 0 aliphatic carbocycles. The van der Waals surface area contributed by atoms with Crippen LogP contribution in [0.2, 0.25) is 0 Å². The number of carbonyl (C=O) groups excluding carboxylic acids is 1. The predicted octanol–water partition coefficient (Wildman–Crippen LogP) is 2.80. The zero-order valence-corrected chi connectivity index (χ0v) is 20.6. The van der Waals surface area contributed by atoms with E-state index in [1.807, 2.05) is 55.6 Å². The fourth-order valence-electron chi connectivity index (χ4n) is 1.68. The van der Waals surface area contributed by atoms with Gasteiger partial charge in [0.05, 0.1) is 12.1 Å². The van der Waals surface area contributed by atoms with Crippen molar-refractivity contribution < 1.29 is 9.53 Å². The molecule has 0 rings (SSSR count). The van der Waals surface area contributed by atoms with Gasteiger partial charge in [-0.3, -0.25) is 4.99 Å². The summed E-state index contributed by atoms with van der Waals surface area (Å²) >= 11 is 0. The molecule has 0 unspecified atom stereocenters. The molecule has 1 amide bonds. The van der Waals surface area contributed by atoms with Crippen LogP contribution in [0.5, 0.6) is 0 Å². The van der Waals surface area contributed by atoms with Crippen LogP contribution >= 0.6 is 24.0 Å². The lowest BCUT2D eigenvalue weighted by Crippen LogP contribution is -2.54. The second-order valence-electron chi connectivity index (χ2n) is 8.77. The molecule has 0 aromatic heterocycles. The zero-order valence-electron chi connectivity index (χ0n) is 18.2. The standard InChI is InChI=1S/C18H39N5O2.HI/c1-11-19-14(21-13-18(7,8)23(9)10)20-12-17(5,6)22-15(24)25-16(2,3)4;/h11-13H2,1-10H3,(H,22,24)(H2,19,20,21);1H. The molecular weight excluding hydrogens is 445 g/mol. The highest BCUT2D eigenvalue weighted by Gasteiger charge is 2.25. The summed E-state index contributed by atoms with van der Waals surface area (Å²) in [5, 5.41) is 9.41. The second-order valence-corrected chi connectivity index (χ2v) is 8.77. The van der Waals surface area contributed by atoms with E-state index < -0.39 is 17.2 Å². The van der Waals surface area contributed by atoms with Crippen LogP contribution in [-0.2, 0) is 4.74 Å². The van der Waals surface area contributed by atoms with Crippen LogP contribution in [0.1, 0.15) is 55.4 Å². The molecule has 26 heavy (non-hydrogen) atoms. The number of amides is 1. The molecule has 7 nitrogen and oxygen atoms in total. The number of aliphatic imine (C=N–C) groups is 1. The van der Waals surface area contributed by atoms with Gasteiger partial charge in [-0.2, -0.15) is 0 Å².